The van der Waals surface area contributed by atoms with Crippen LogP contribution in [0.15, 0.2) is 47.3 Å². The Balaban J connectivity index is 1.88. The highest BCUT2D eigenvalue weighted by atomic mass is 35.5. The third kappa shape index (κ3) is 3.67. The zero-order valence-electron chi connectivity index (χ0n) is 17.2. The number of hydrogen-bond donors (Lipinski definition) is 1. The first-order valence-electron chi connectivity index (χ1n) is 10.5. The topological polar surface area (TPSA) is 64.6 Å². The first-order chi connectivity index (χ1) is 14.5. The third-order valence-electron chi connectivity index (χ3n) is 5.80. The molecule has 1 aliphatic heterocycles. The molecule has 4 rings (SSSR count). The van der Waals surface area contributed by atoms with Crippen LogP contribution in [0.25, 0.3) is 0 Å². The molecule has 2 aliphatic carbocycles. The fourth-order valence-electron chi connectivity index (χ4n) is 4.62. The Kier molecular flexibility index (Phi) is 6.00. The molecule has 0 atom stereocenters. The van der Waals surface area contributed by atoms with E-state index in [-0.39, 0.29) is 11.6 Å². The number of ether oxygens (including phenoxy) is 2. The molecule has 0 aromatic heterocycles. The average molecular weight is 428 g/mol. The maximum absolute atomic E-state index is 13.0. The molecular weight excluding hydrogens is 402 g/mol. The van der Waals surface area contributed by atoms with Gasteiger partial charge in [0.25, 0.3) is 0 Å². The van der Waals surface area contributed by atoms with E-state index in [9.17, 15) is 9.59 Å². The SMILES string of the molecule is C=CCOc1c(Cl)cc(C2C3=C(CCCC3=O)NC3=C2C(=O)CCC3)cc1OCC. The highest BCUT2D eigenvalue weighted by Crippen LogP contribution is 2.48. The van der Waals surface area contributed by atoms with Crippen molar-refractivity contribution in [2.45, 2.75) is 51.4 Å². The summed E-state index contributed by atoms with van der Waals surface area (Å²) < 4.78 is 11.5. The molecule has 1 N–H and O–H groups in total. The summed E-state index contributed by atoms with van der Waals surface area (Å²) in [5.41, 5.74) is 4.10. The molecule has 0 unspecified atom stereocenters. The summed E-state index contributed by atoms with van der Waals surface area (Å²) in [5, 5.41) is 3.82. The number of dihydropyridines is 1. The lowest BCUT2D eigenvalue weighted by atomic mass is 9.71. The van der Waals surface area contributed by atoms with Crippen LogP contribution in [-0.4, -0.2) is 24.8 Å². The van der Waals surface area contributed by atoms with Gasteiger partial charge in [0, 0.05) is 41.3 Å². The number of allylic oxidation sites excluding steroid dienone is 4. The fourth-order valence-corrected chi connectivity index (χ4v) is 4.89. The van der Waals surface area contributed by atoms with E-state index in [2.05, 4.69) is 11.9 Å². The standard InChI is InChI=1S/C24H26ClNO4/c1-3-11-30-24-15(25)12-14(13-20(24)29-4-2)21-22-16(7-5-9-18(22)27)26-17-8-6-10-19(28)23(17)21/h3,12-13,21,26H,1,4-11H2,2H3. The molecular formula is C24H26ClNO4. The number of halogens is 1. The fraction of sp³-hybridized carbons (Fsp3) is 0.417. The Morgan fingerprint density at radius 1 is 1.07 bits per heavy atom. The van der Waals surface area contributed by atoms with E-state index in [1.54, 1.807) is 12.1 Å². The molecule has 0 fully saturated rings. The van der Waals surface area contributed by atoms with E-state index in [0.717, 1.165) is 42.6 Å². The predicted molar refractivity (Wildman–Crippen MR) is 116 cm³/mol. The summed E-state index contributed by atoms with van der Waals surface area (Å²) in [4.78, 5) is 25.9. The number of benzene rings is 1. The first-order valence-corrected chi connectivity index (χ1v) is 10.9. The van der Waals surface area contributed by atoms with Gasteiger partial charge in [0.2, 0.25) is 0 Å². The summed E-state index contributed by atoms with van der Waals surface area (Å²) in [5.74, 6) is 0.738. The number of hydrogen-bond acceptors (Lipinski definition) is 5. The Morgan fingerprint density at radius 2 is 1.70 bits per heavy atom. The Morgan fingerprint density at radius 3 is 2.27 bits per heavy atom. The van der Waals surface area contributed by atoms with E-state index in [1.807, 2.05) is 13.0 Å². The Bertz CT molecular complexity index is 934. The molecule has 0 bridgehead atoms. The second kappa shape index (κ2) is 8.68. The van der Waals surface area contributed by atoms with Gasteiger partial charge in [-0.1, -0.05) is 24.3 Å². The second-order valence-electron chi connectivity index (χ2n) is 7.76. The molecule has 0 amide bonds. The van der Waals surface area contributed by atoms with Crippen LogP contribution in [0.5, 0.6) is 11.5 Å². The van der Waals surface area contributed by atoms with Gasteiger partial charge in [0.05, 0.1) is 11.6 Å². The minimum absolute atomic E-state index is 0.0970. The van der Waals surface area contributed by atoms with E-state index in [0.29, 0.717) is 53.7 Å². The van der Waals surface area contributed by atoms with Crippen molar-refractivity contribution in [2.24, 2.45) is 0 Å². The van der Waals surface area contributed by atoms with Crippen LogP contribution in [0, 0.1) is 0 Å². The van der Waals surface area contributed by atoms with Gasteiger partial charge in [-0.3, -0.25) is 9.59 Å². The van der Waals surface area contributed by atoms with E-state index in [1.165, 1.54) is 0 Å². The summed E-state index contributed by atoms with van der Waals surface area (Å²) in [6.07, 6.45) is 5.92. The van der Waals surface area contributed by atoms with Crippen LogP contribution in [0.3, 0.4) is 0 Å². The van der Waals surface area contributed by atoms with Crippen molar-refractivity contribution < 1.29 is 19.1 Å². The van der Waals surface area contributed by atoms with Crippen molar-refractivity contribution in [3.05, 3.63) is 57.9 Å². The molecule has 0 spiro atoms. The largest absolute Gasteiger partial charge is 0.490 e. The number of carbonyl (C=O) groups is 2. The number of ketones is 2. The van der Waals surface area contributed by atoms with Crippen LogP contribution >= 0.6 is 11.6 Å². The zero-order chi connectivity index (χ0) is 21.3. The predicted octanol–water partition coefficient (Wildman–Crippen LogP) is 5.00. The minimum atomic E-state index is -0.415. The van der Waals surface area contributed by atoms with Crippen molar-refractivity contribution in [3.8, 4) is 11.5 Å². The second-order valence-corrected chi connectivity index (χ2v) is 8.17. The van der Waals surface area contributed by atoms with E-state index >= 15 is 0 Å². The third-order valence-corrected chi connectivity index (χ3v) is 6.08. The van der Waals surface area contributed by atoms with Gasteiger partial charge >= 0.3 is 0 Å². The first kappa shape index (κ1) is 20.7. The lowest BCUT2D eigenvalue weighted by Crippen LogP contribution is -2.36. The summed E-state index contributed by atoms with van der Waals surface area (Å²) >= 11 is 6.59. The van der Waals surface area contributed by atoms with Gasteiger partial charge in [-0.25, -0.2) is 0 Å². The zero-order valence-corrected chi connectivity index (χ0v) is 17.9. The number of carbonyl (C=O) groups excluding carboxylic acids is 2. The quantitative estimate of drug-likeness (QED) is 0.647. The number of nitrogens with one attached hydrogen (secondary N) is 1. The summed E-state index contributed by atoms with van der Waals surface area (Å²) in [7, 11) is 0. The minimum Gasteiger partial charge on any atom is -0.490 e. The van der Waals surface area contributed by atoms with Crippen LogP contribution in [-0.2, 0) is 9.59 Å². The molecule has 30 heavy (non-hydrogen) atoms. The monoisotopic (exact) mass is 427 g/mol. The van der Waals surface area contributed by atoms with Gasteiger partial charge in [-0.2, -0.15) is 0 Å². The van der Waals surface area contributed by atoms with Crippen LogP contribution in [0.4, 0.5) is 0 Å². The van der Waals surface area contributed by atoms with E-state index < -0.39 is 5.92 Å². The van der Waals surface area contributed by atoms with Gasteiger partial charge in [0.1, 0.15) is 6.61 Å². The van der Waals surface area contributed by atoms with Crippen molar-refractivity contribution >= 4 is 23.2 Å². The van der Waals surface area contributed by atoms with Crippen molar-refractivity contribution in [2.75, 3.05) is 13.2 Å². The lowest BCUT2D eigenvalue weighted by Gasteiger charge is -2.37. The summed E-state index contributed by atoms with van der Waals surface area (Å²) in [6, 6.07) is 3.67. The van der Waals surface area contributed by atoms with Gasteiger partial charge in [0.15, 0.2) is 23.1 Å². The highest BCUT2D eigenvalue weighted by molar-refractivity contribution is 6.32. The molecule has 1 heterocycles. The molecule has 3 aliphatic rings. The maximum atomic E-state index is 13.0. The summed E-state index contributed by atoms with van der Waals surface area (Å²) in [6.45, 7) is 6.30. The van der Waals surface area contributed by atoms with Gasteiger partial charge in [-0.15, -0.1) is 0 Å². The van der Waals surface area contributed by atoms with Gasteiger partial charge in [-0.05, 0) is 50.3 Å². The average Bonchev–Trinajstić information content (AvgIpc) is 2.72. The smallest absolute Gasteiger partial charge is 0.180 e. The highest BCUT2D eigenvalue weighted by Gasteiger charge is 2.40. The Labute approximate surface area is 181 Å². The number of rotatable bonds is 6. The van der Waals surface area contributed by atoms with Crippen LogP contribution in [0.1, 0.15) is 56.9 Å². The molecule has 1 aromatic rings. The molecule has 1 aromatic carbocycles. The molecule has 158 valence electrons. The lowest BCUT2D eigenvalue weighted by molar-refractivity contribution is -0.116. The molecule has 0 saturated carbocycles. The molecule has 6 heteroatoms. The van der Waals surface area contributed by atoms with Crippen LogP contribution < -0.4 is 14.8 Å². The molecule has 0 saturated heterocycles. The Hall–Kier alpha value is -2.53. The van der Waals surface area contributed by atoms with Crippen LogP contribution in [0.2, 0.25) is 5.02 Å². The maximum Gasteiger partial charge on any atom is 0.180 e. The van der Waals surface area contributed by atoms with E-state index in [4.69, 9.17) is 21.1 Å². The van der Waals surface area contributed by atoms with Crippen molar-refractivity contribution in [3.63, 3.8) is 0 Å². The van der Waals surface area contributed by atoms with Gasteiger partial charge < -0.3 is 14.8 Å². The normalized spacial score (nSPS) is 19.3. The van der Waals surface area contributed by atoms with Crippen molar-refractivity contribution in [1.82, 2.24) is 5.32 Å². The number of Topliss-reactive ketones (excluding diaryl/α,β-unsaturated/α-hetero) is 2. The van der Waals surface area contributed by atoms with Crippen molar-refractivity contribution in [1.29, 1.82) is 0 Å². The molecule has 5 nitrogen and oxygen atoms in total. The molecule has 0 radical (unpaired) electrons.